The number of likely N-dealkylation sites (tertiary alicyclic amines) is 2. The number of hydrogen-bond donors (Lipinski definition) is 1. The van der Waals surface area contributed by atoms with Crippen LogP contribution in [0.2, 0.25) is 0 Å². The highest BCUT2D eigenvalue weighted by molar-refractivity contribution is 6.03. The van der Waals surface area contributed by atoms with Crippen LogP contribution in [0.25, 0.3) is 0 Å². The van der Waals surface area contributed by atoms with Gasteiger partial charge in [-0.05, 0) is 49.2 Å². The van der Waals surface area contributed by atoms with Gasteiger partial charge in [-0.25, -0.2) is 0 Å². The van der Waals surface area contributed by atoms with Crippen LogP contribution in [0.15, 0.2) is 54.6 Å². The topological polar surface area (TPSA) is 61.9 Å². The number of ether oxygens (including phenoxy) is 1. The molecule has 2 aromatic rings. The molecule has 2 aliphatic rings. The van der Waals surface area contributed by atoms with Crippen molar-refractivity contribution in [1.82, 2.24) is 15.1 Å². The lowest BCUT2D eigenvalue weighted by atomic mass is 9.69. The molecule has 2 aliphatic heterocycles. The van der Waals surface area contributed by atoms with Crippen molar-refractivity contribution in [3.05, 3.63) is 65.7 Å². The molecule has 0 bridgehead atoms. The van der Waals surface area contributed by atoms with E-state index in [1.807, 2.05) is 61.5 Å². The molecule has 2 fully saturated rings. The van der Waals surface area contributed by atoms with Crippen molar-refractivity contribution < 1.29 is 14.3 Å². The van der Waals surface area contributed by atoms with Crippen molar-refractivity contribution in [1.29, 1.82) is 0 Å². The number of carbonyl (C=O) groups excluding carboxylic acids is 2. The zero-order chi connectivity index (χ0) is 23.3. The molecule has 2 amide bonds. The van der Waals surface area contributed by atoms with E-state index in [-0.39, 0.29) is 17.7 Å². The molecular formula is C27H35N3O3. The Kier molecular flexibility index (Phi) is 7.33. The summed E-state index contributed by atoms with van der Waals surface area (Å²) >= 11 is 0. The van der Waals surface area contributed by atoms with Gasteiger partial charge in [0.1, 0.15) is 11.3 Å². The summed E-state index contributed by atoms with van der Waals surface area (Å²) in [5.41, 5.74) is 1.15. The van der Waals surface area contributed by atoms with Crippen LogP contribution in [0.1, 0.15) is 37.3 Å². The standard InChI is InChI=1S/C27H35N3O3/c1-21-25(31)30(20-23-11-13-24(33-2)14-12-23)27(21,19-22-9-5-3-6-10-22)26(32)28-15-18-29-16-7-4-8-17-29/h3,5-6,9-14,21H,4,7-8,15-20H2,1-2H3,(H,28,32)/t21-,27+/m1/s1. The number of piperidine rings is 1. The molecule has 33 heavy (non-hydrogen) atoms. The Bertz CT molecular complexity index is 941. The van der Waals surface area contributed by atoms with Gasteiger partial charge in [-0.1, -0.05) is 55.8 Å². The maximum absolute atomic E-state index is 13.7. The highest BCUT2D eigenvalue weighted by Crippen LogP contribution is 2.42. The van der Waals surface area contributed by atoms with E-state index in [9.17, 15) is 9.59 Å². The van der Waals surface area contributed by atoms with E-state index in [0.29, 0.717) is 19.5 Å². The molecule has 176 valence electrons. The Morgan fingerprint density at radius 2 is 1.73 bits per heavy atom. The third kappa shape index (κ3) is 4.91. The Hall–Kier alpha value is -2.86. The molecule has 6 heteroatoms. The van der Waals surface area contributed by atoms with Crippen molar-refractivity contribution in [2.75, 3.05) is 33.3 Å². The quantitative estimate of drug-likeness (QED) is 0.597. The number of methoxy groups -OCH3 is 1. The lowest BCUT2D eigenvalue weighted by Crippen LogP contribution is -2.76. The van der Waals surface area contributed by atoms with Crippen molar-refractivity contribution in [2.24, 2.45) is 5.92 Å². The summed E-state index contributed by atoms with van der Waals surface area (Å²) in [4.78, 5) is 30.9. The molecule has 0 saturated carbocycles. The van der Waals surface area contributed by atoms with Gasteiger partial charge >= 0.3 is 0 Å². The minimum absolute atomic E-state index is 0.0212. The number of hydrogen-bond acceptors (Lipinski definition) is 4. The van der Waals surface area contributed by atoms with E-state index < -0.39 is 5.54 Å². The van der Waals surface area contributed by atoms with Crippen LogP contribution >= 0.6 is 0 Å². The van der Waals surface area contributed by atoms with Gasteiger partial charge in [0.25, 0.3) is 0 Å². The summed E-state index contributed by atoms with van der Waals surface area (Å²) in [7, 11) is 1.63. The van der Waals surface area contributed by atoms with Gasteiger partial charge in [-0.15, -0.1) is 0 Å². The molecule has 2 atom stereocenters. The summed E-state index contributed by atoms with van der Waals surface area (Å²) in [6, 6.07) is 17.7. The summed E-state index contributed by atoms with van der Waals surface area (Å²) in [5, 5.41) is 3.18. The average molecular weight is 450 g/mol. The molecule has 2 heterocycles. The van der Waals surface area contributed by atoms with E-state index >= 15 is 0 Å². The number of nitrogens with one attached hydrogen (secondary N) is 1. The molecule has 0 radical (unpaired) electrons. The highest BCUT2D eigenvalue weighted by Gasteiger charge is 2.62. The molecule has 6 nitrogen and oxygen atoms in total. The minimum atomic E-state index is -0.889. The second-order valence-corrected chi connectivity index (χ2v) is 9.24. The number of amides is 2. The molecule has 0 aromatic heterocycles. The second kappa shape index (κ2) is 10.4. The van der Waals surface area contributed by atoms with Crippen molar-refractivity contribution in [3.63, 3.8) is 0 Å². The van der Waals surface area contributed by atoms with Crippen LogP contribution in [0.3, 0.4) is 0 Å². The number of benzene rings is 2. The van der Waals surface area contributed by atoms with Crippen molar-refractivity contribution in [2.45, 2.75) is 44.7 Å². The monoisotopic (exact) mass is 449 g/mol. The van der Waals surface area contributed by atoms with E-state index in [1.54, 1.807) is 12.0 Å². The lowest BCUT2D eigenvalue weighted by Gasteiger charge is -2.55. The molecule has 2 aromatic carbocycles. The Morgan fingerprint density at radius 3 is 2.39 bits per heavy atom. The maximum Gasteiger partial charge on any atom is 0.247 e. The first-order valence-electron chi connectivity index (χ1n) is 12.0. The summed E-state index contributed by atoms with van der Waals surface area (Å²) in [5.74, 6) is 0.371. The van der Waals surface area contributed by atoms with Gasteiger partial charge < -0.3 is 19.9 Å². The van der Waals surface area contributed by atoms with E-state index in [0.717, 1.165) is 36.5 Å². The summed E-state index contributed by atoms with van der Waals surface area (Å²) < 4.78 is 5.26. The molecule has 0 aliphatic carbocycles. The predicted molar refractivity (Wildman–Crippen MR) is 129 cm³/mol. The number of rotatable bonds is 9. The molecule has 4 rings (SSSR count). The van der Waals surface area contributed by atoms with Crippen LogP contribution < -0.4 is 10.1 Å². The minimum Gasteiger partial charge on any atom is -0.497 e. The first-order chi connectivity index (χ1) is 16.0. The lowest BCUT2D eigenvalue weighted by molar-refractivity contribution is -0.179. The average Bonchev–Trinajstić information content (AvgIpc) is 2.87. The summed E-state index contributed by atoms with van der Waals surface area (Å²) in [6.07, 6.45) is 4.26. The number of β-lactam (4-membered cyclic amide) rings is 1. The van der Waals surface area contributed by atoms with Crippen molar-refractivity contribution in [3.8, 4) is 5.75 Å². The fraction of sp³-hybridized carbons (Fsp3) is 0.481. The first kappa shape index (κ1) is 23.3. The second-order valence-electron chi connectivity index (χ2n) is 9.24. The number of carbonyl (C=O) groups is 2. The zero-order valence-corrected chi connectivity index (χ0v) is 19.8. The van der Waals surface area contributed by atoms with E-state index in [2.05, 4.69) is 10.2 Å². The first-order valence-corrected chi connectivity index (χ1v) is 12.0. The Balaban J connectivity index is 1.53. The molecule has 0 unspecified atom stereocenters. The largest absolute Gasteiger partial charge is 0.497 e. The Labute approximate surface area is 196 Å². The fourth-order valence-electron chi connectivity index (χ4n) is 5.15. The zero-order valence-electron chi connectivity index (χ0n) is 19.8. The molecule has 1 N–H and O–H groups in total. The SMILES string of the molecule is COc1ccc(CN2C(=O)[C@@H](C)[C@@]2(Cc2ccccc2)C(=O)NCCN2CCCCC2)cc1. The normalized spacial score (nSPS) is 23.2. The van der Waals surface area contributed by atoms with Gasteiger partial charge in [0, 0.05) is 26.1 Å². The molecular weight excluding hydrogens is 414 g/mol. The predicted octanol–water partition coefficient (Wildman–Crippen LogP) is 3.26. The third-order valence-electron chi connectivity index (χ3n) is 7.21. The van der Waals surface area contributed by atoms with Crippen LogP contribution in [-0.2, 0) is 22.6 Å². The van der Waals surface area contributed by atoms with Crippen LogP contribution in [0, 0.1) is 5.92 Å². The highest BCUT2D eigenvalue weighted by atomic mass is 16.5. The van der Waals surface area contributed by atoms with Gasteiger partial charge in [0.15, 0.2) is 0 Å². The number of nitrogens with zero attached hydrogens (tertiary/aromatic N) is 2. The van der Waals surface area contributed by atoms with E-state index in [4.69, 9.17) is 4.74 Å². The van der Waals surface area contributed by atoms with Gasteiger partial charge in [0.05, 0.1) is 13.0 Å². The maximum atomic E-state index is 13.7. The Morgan fingerprint density at radius 1 is 1.03 bits per heavy atom. The van der Waals surface area contributed by atoms with E-state index in [1.165, 1.54) is 19.3 Å². The van der Waals surface area contributed by atoms with Gasteiger partial charge in [-0.3, -0.25) is 9.59 Å². The van der Waals surface area contributed by atoms with Crippen LogP contribution in [0.4, 0.5) is 0 Å². The third-order valence-corrected chi connectivity index (χ3v) is 7.21. The summed E-state index contributed by atoms with van der Waals surface area (Å²) in [6.45, 7) is 5.95. The van der Waals surface area contributed by atoms with Gasteiger partial charge in [0.2, 0.25) is 11.8 Å². The van der Waals surface area contributed by atoms with Crippen molar-refractivity contribution >= 4 is 11.8 Å². The molecule has 0 spiro atoms. The fourth-order valence-corrected chi connectivity index (χ4v) is 5.15. The van der Waals surface area contributed by atoms with Crippen LogP contribution in [0.5, 0.6) is 5.75 Å². The molecule has 2 saturated heterocycles. The van der Waals surface area contributed by atoms with Crippen LogP contribution in [-0.4, -0.2) is 60.4 Å². The smallest absolute Gasteiger partial charge is 0.247 e. The van der Waals surface area contributed by atoms with Gasteiger partial charge in [-0.2, -0.15) is 0 Å².